The predicted octanol–water partition coefficient (Wildman–Crippen LogP) is 4.56. The van der Waals surface area contributed by atoms with Gasteiger partial charge in [-0.05, 0) is 51.5 Å². The minimum absolute atomic E-state index is 0. The van der Waals surface area contributed by atoms with Crippen molar-refractivity contribution >= 4 is 29.9 Å². The zero-order valence-electron chi connectivity index (χ0n) is 19.1. The van der Waals surface area contributed by atoms with E-state index >= 15 is 0 Å². The topological polar surface area (TPSA) is 76.4 Å². The summed E-state index contributed by atoms with van der Waals surface area (Å²) in [4.78, 5) is 4.94. The number of aromatic nitrogens is 3. The van der Waals surface area contributed by atoms with Crippen LogP contribution in [0.25, 0.3) is 0 Å². The Hall–Kier alpha value is -1.84. The molecule has 1 aromatic heterocycles. The molecule has 2 N–H and O–H groups in total. The number of para-hydroxylation sites is 1. The number of nitrogens with one attached hydrogen (secondary N) is 2. The fourth-order valence-corrected chi connectivity index (χ4v) is 5.37. The van der Waals surface area contributed by atoms with Crippen LogP contribution in [0.4, 0.5) is 0 Å². The standard InChI is InChI=1S/C24H34N6O.HI/c1-17-28-29-22(30(17)2)16-25-23(26-18-9-3-4-10-18)27-20-15-24(13-7-8-14-24)31-21-12-6-5-11-19(20)21;/h5-6,11-12,18,20H,3-4,7-10,13-16H2,1-2H3,(H2,25,26,27);1H. The zero-order valence-corrected chi connectivity index (χ0v) is 21.5. The van der Waals surface area contributed by atoms with Gasteiger partial charge < -0.3 is 19.9 Å². The number of guanidine groups is 1. The fourth-order valence-electron chi connectivity index (χ4n) is 5.37. The lowest BCUT2D eigenvalue weighted by atomic mass is 9.86. The monoisotopic (exact) mass is 550 g/mol. The molecule has 3 aliphatic rings. The van der Waals surface area contributed by atoms with Crippen molar-refractivity contribution < 1.29 is 4.74 Å². The summed E-state index contributed by atoms with van der Waals surface area (Å²) in [5.41, 5.74) is 1.20. The molecule has 2 fully saturated rings. The van der Waals surface area contributed by atoms with Crippen molar-refractivity contribution in [2.75, 3.05) is 0 Å². The highest BCUT2D eigenvalue weighted by molar-refractivity contribution is 14.0. The summed E-state index contributed by atoms with van der Waals surface area (Å²) >= 11 is 0. The van der Waals surface area contributed by atoms with Crippen LogP contribution < -0.4 is 15.4 Å². The summed E-state index contributed by atoms with van der Waals surface area (Å²) in [5.74, 6) is 3.69. The van der Waals surface area contributed by atoms with Crippen LogP contribution in [0.3, 0.4) is 0 Å². The van der Waals surface area contributed by atoms with Crippen LogP contribution in [0.5, 0.6) is 5.75 Å². The molecule has 2 heterocycles. The van der Waals surface area contributed by atoms with Crippen LogP contribution in [0.15, 0.2) is 29.3 Å². The Balaban J connectivity index is 0.00000245. The van der Waals surface area contributed by atoms with E-state index in [0.717, 1.165) is 42.6 Å². The van der Waals surface area contributed by atoms with Crippen LogP contribution >= 0.6 is 24.0 Å². The molecule has 2 saturated carbocycles. The summed E-state index contributed by atoms with van der Waals surface area (Å²) in [7, 11) is 2.00. The van der Waals surface area contributed by atoms with Gasteiger partial charge in [0.05, 0.1) is 6.04 Å². The number of aryl methyl sites for hydroxylation is 1. The maximum atomic E-state index is 6.55. The number of rotatable bonds is 4. The third kappa shape index (κ3) is 4.89. The summed E-state index contributed by atoms with van der Waals surface area (Å²) in [6.07, 6.45) is 10.8. The van der Waals surface area contributed by atoms with E-state index in [9.17, 15) is 0 Å². The second-order valence-corrected chi connectivity index (χ2v) is 9.44. The molecule has 32 heavy (non-hydrogen) atoms. The fraction of sp³-hybridized carbons (Fsp3) is 0.625. The van der Waals surface area contributed by atoms with Gasteiger partial charge in [-0.1, -0.05) is 31.0 Å². The van der Waals surface area contributed by atoms with E-state index in [0.29, 0.717) is 12.6 Å². The number of aliphatic imine (C=N–C) groups is 1. The third-order valence-electron chi connectivity index (χ3n) is 7.28. The van der Waals surface area contributed by atoms with Gasteiger partial charge in [-0.25, -0.2) is 4.99 Å². The van der Waals surface area contributed by atoms with Gasteiger partial charge in [-0.2, -0.15) is 0 Å². The van der Waals surface area contributed by atoms with Crippen LogP contribution in [0.1, 0.15) is 81.0 Å². The molecule has 2 aliphatic carbocycles. The molecule has 0 saturated heterocycles. The third-order valence-corrected chi connectivity index (χ3v) is 7.28. The molecule has 0 radical (unpaired) electrons. The molecular formula is C24H35IN6O. The van der Waals surface area contributed by atoms with E-state index in [1.807, 2.05) is 18.5 Å². The lowest BCUT2D eigenvalue weighted by Crippen LogP contribution is -2.48. The summed E-state index contributed by atoms with van der Waals surface area (Å²) in [6, 6.07) is 9.17. The summed E-state index contributed by atoms with van der Waals surface area (Å²) in [5, 5.41) is 16.0. The van der Waals surface area contributed by atoms with Crippen molar-refractivity contribution in [3.63, 3.8) is 0 Å². The van der Waals surface area contributed by atoms with Gasteiger partial charge in [0.2, 0.25) is 0 Å². The second-order valence-electron chi connectivity index (χ2n) is 9.44. The van der Waals surface area contributed by atoms with Crippen LogP contribution in [0.2, 0.25) is 0 Å². The first-order chi connectivity index (χ1) is 15.1. The molecular weight excluding hydrogens is 515 g/mol. The number of benzene rings is 1. The van der Waals surface area contributed by atoms with E-state index in [1.54, 1.807) is 0 Å². The van der Waals surface area contributed by atoms with Crippen LogP contribution in [0, 0.1) is 6.92 Å². The summed E-state index contributed by atoms with van der Waals surface area (Å²) < 4.78 is 8.56. The lowest BCUT2D eigenvalue weighted by Gasteiger charge is -2.40. The van der Waals surface area contributed by atoms with Crippen molar-refractivity contribution in [1.82, 2.24) is 25.4 Å². The Morgan fingerprint density at radius 3 is 2.59 bits per heavy atom. The highest BCUT2D eigenvalue weighted by atomic mass is 127. The maximum Gasteiger partial charge on any atom is 0.192 e. The maximum absolute atomic E-state index is 6.55. The highest BCUT2D eigenvalue weighted by Gasteiger charge is 2.43. The Morgan fingerprint density at radius 2 is 1.88 bits per heavy atom. The van der Waals surface area contributed by atoms with Gasteiger partial charge in [0.25, 0.3) is 0 Å². The Bertz CT molecular complexity index is 946. The molecule has 2 aromatic rings. The molecule has 7 nitrogen and oxygen atoms in total. The van der Waals surface area contributed by atoms with E-state index in [4.69, 9.17) is 9.73 Å². The molecule has 1 spiro atoms. The molecule has 1 aromatic carbocycles. The van der Waals surface area contributed by atoms with E-state index in [2.05, 4.69) is 45.1 Å². The molecule has 1 unspecified atom stereocenters. The lowest BCUT2D eigenvalue weighted by molar-refractivity contribution is 0.0395. The van der Waals surface area contributed by atoms with Crippen molar-refractivity contribution in [2.24, 2.45) is 12.0 Å². The van der Waals surface area contributed by atoms with Gasteiger partial charge in [-0.15, -0.1) is 34.2 Å². The number of halogens is 1. The van der Waals surface area contributed by atoms with E-state index in [-0.39, 0.29) is 35.6 Å². The average molecular weight is 550 g/mol. The number of fused-ring (bicyclic) bond motifs is 1. The predicted molar refractivity (Wildman–Crippen MR) is 136 cm³/mol. The van der Waals surface area contributed by atoms with Gasteiger partial charge in [0, 0.05) is 25.1 Å². The average Bonchev–Trinajstić information content (AvgIpc) is 3.51. The smallest absolute Gasteiger partial charge is 0.192 e. The number of ether oxygens (including phenoxy) is 1. The SMILES string of the molecule is Cc1nnc(CN=C(NC2CCCC2)NC2CC3(CCCC3)Oc3ccccc32)n1C.I. The Kier molecular flexibility index (Phi) is 7.27. The molecule has 5 rings (SSSR count). The molecule has 1 atom stereocenters. The number of nitrogens with zero attached hydrogens (tertiary/aromatic N) is 4. The second kappa shape index (κ2) is 9.97. The van der Waals surface area contributed by atoms with Gasteiger partial charge in [0.1, 0.15) is 23.7 Å². The quantitative estimate of drug-likeness (QED) is 0.332. The van der Waals surface area contributed by atoms with Crippen molar-refractivity contribution in [2.45, 2.75) is 88.9 Å². The first-order valence-electron chi connectivity index (χ1n) is 11.8. The van der Waals surface area contributed by atoms with Crippen molar-refractivity contribution in [1.29, 1.82) is 0 Å². The normalized spacial score (nSPS) is 22.3. The minimum atomic E-state index is -0.0365. The van der Waals surface area contributed by atoms with Crippen molar-refractivity contribution in [3.8, 4) is 5.75 Å². The molecule has 8 heteroatoms. The van der Waals surface area contributed by atoms with Gasteiger partial charge >= 0.3 is 0 Å². The molecule has 0 amide bonds. The largest absolute Gasteiger partial charge is 0.487 e. The van der Waals surface area contributed by atoms with Gasteiger partial charge in [-0.3, -0.25) is 0 Å². The first-order valence-corrected chi connectivity index (χ1v) is 11.8. The minimum Gasteiger partial charge on any atom is -0.487 e. The summed E-state index contributed by atoms with van der Waals surface area (Å²) in [6.45, 7) is 2.48. The zero-order chi connectivity index (χ0) is 21.3. The van der Waals surface area contributed by atoms with Crippen molar-refractivity contribution in [3.05, 3.63) is 41.5 Å². The molecule has 174 valence electrons. The van der Waals surface area contributed by atoms with Gasteiger partial charge in [0.15, 0.2) is 11.8 Å². The Labute approximate surface area is 207 Å². The van der Waals surface area contributed by atoms with E-state index in [1.165, 1.54) is 44.1 Å². The number of hydrogen-bond donors (Lipinski definition) is 2. The van der Waals surface area contributed by atoms with E-state index < -0.39 is 0 Å². The first kappa shape index (κ1) is 23.3. The van der Waals surface area contributed by atoms with Crippen LogP contribution in [-0.4, -0.2) is 32.4 Å². The highest BCUT2D eigenvalue weighted by Crippen LogP contribution is 2.47. The molecule has 1 aliphatic heterocycles. The Morgan fingerprint density at radius 1 is 1.12 bits per heavy atom. The number of hydrogen-bond acceptors (Lipinski definition) is 4. The molecule has 0 bridgehead atoms. The van der Waals surface area contributed by atoms with Crippen LogP contribution in [-0.2, 0) is 13.6 Å².